The number of hydrogen-bond acceptors (Lipinski definition) is 4. The summed E-state index contributed by atoms with van der Waals surface area (Å²) in [4.78, 5) is 8.40. The Kier molecular flexibility index (Phi) is 4.47. The van der Waals surface area contributed by atoms with Crippen molar-refractivity contribution in [2.45, 2.75) is 26.3 Å². The monoisotopic (exact) mass is 256 g/mol. The summed E-state index contributed by atoms with van der Waals surface area (Å²) in [6.45, 7) is 5.01. The van der Waals surface area contributed by atoms with Gasteiger partial charge in [-0.05, 0) is 43.1 Å². The van der Waals surface area contributed by atoms with Crippen LogP contribution in [0.1, 0.15) is 29.7 Å². The van der Waals surface area contributed by atoms with Crippen molar-refractivity contribution in [1.82, 2.24) is 15.3 Å². The minimum Gasteiger partial charge on any atom is -0.383 e. The average molecular weight is 256 g/mol. The van der Waals surface area contributed by atoms with Gasteiger partial charge in [0.15, 0.2) is 0 Å². The Morgan fingerprint density at radius 2 is 2.21 bits per heavy atom. The lowest BCUT2D eigenvalue weighted by Crippen LogP contribution is -2.24. The van der Waals surface area contributed by atoms with Crippen LogP contribution >= 0.6 is 0 Å². The third-order valence-electron chi connectivity index (χ3n) is 3.07. The molecular weight excluding hydrogens is 236 g/mol. The Balaban J connectivity index is 2.27. The zero-order valence-electron chi connectivity index (χ0n) is 11.4. The fourth-order valence-corrected chi connectivity index (χ4v) is 2.17. The first kappa shape index (κ1) is 13.5. The maximum Gasteiger partial charge on any atom is 0.128 e. The number of nitrogens with zero attached hydrogens (tertiary/aromatic N) is 2. The molecule has 2 heterocycles. The number of aryl methyl sites for hydroxylation is 1. The van der Waals surface area contributed by atoms with Gasteiger partial charge in [-0.15, -0.1) is 0 Å². The fourth-order valence-electron chi connectivity index (χ4n) is 2.17. The van der Waals surface area contributed by atoms with E-state index in [-0.39, 0.29) is 6.04 Å². The molecular formula is C15H20N4. The lowest BCUT2D eigenvalue weighted by molar-refractivity contribution is 0.549. The van der Waals surface area contributed by atoms with Crippen molar-refractivity contribution in [1.29, 1.82) is 0 Å². The molecule has 19 heavy (non-hydrogen) atoms. The topological polar surface area (TPSA) is 63.8 Å². The Bertz CT molecular complexity index is 525. The van der Waals surface area contributed by atoms with Crippen molar-refractivity contribution in [2.75, 3.05) is 12.3 Å². The second kappa shape index (κ2) is 6.29. The van der Waals surface area contributed by atoms with Crippen molar-refractivity contribution in [3.8, 4) is 0 Å². The molecule has 2 aromatic rings. The molecule has 0 aliphatic carbocycles. The number of anilines is 1. The molecule has 3 N–H and O–H groups in total. The van der Waals surface area contributed by atoms with Gasteiger partial charge in [0.2, 0.25) is 0 Å². The van der Waals surface area contributed by atoms with Crippen LogP contribution < -0.4 is 11.1 Å². The van der Waals surface area contributed by atoms with Gasteiger partial charge in [-0.1, -0.05) is 13.0 Å². The van der Waals surface area contributed by atoms with E-state index in [4.69, 9.17) is 5.73 Å². The van der Waals surface area contributed by atoms with Gasteiger partial charge >= 0.3 is 0 Å². The van der Waals surface area contributed by atoms with Gasteiger partial charge in [0.25, 0.3) is 0 Å². The van der Waals surface area contributed by atoms with Gasteiger partial charge in [0.1, 0.15) is 5.82 Å². The molecule has 0 fully saturated rings. The number of hydrogen-bond donors (Lipinski definition) is 2. The van der Waals surface area contributed by atoms with Gasteiger partial charge < -0.3 is 11.1 Å². The van der Waals surface area contributed by atoms with Crippen molar-refractivity contribution >= 4 is 5.82 Å². The van der Waals surface area contributed by atoms with Crippen LogP contribution in [0.2, 0.25) is 0 Å². The maximum absolute atomic E-state index is 6.01. The molecule has 0 aliphatic heterocycles. The van der Waals surface area contributed by atoms with E-state index in [1.807, 2.05) is 19.2 Å². The number of nitrogen functional groups attached to an aromatic ring is 1. The van der Waals surface area contributed by atoms with Crippen LogP contribution in [0, 0.1) is 6.92 Å². The quantitative estimate of drug-likeness (QED) is 0.861. The summed E-state index contributed by atoms with van der Waals surface area (Å²) >= 11 is 0. The van der Waals surface area contributed by atoms with Gasteiger partial charge in [-0.25, -0.2) is 4.98 Å². The molecule has 0 bridgehead atoms. The van der Waals surface area contributed by atoms with E-state index in [0.717, 1.165) is 24.1 Å². The van der Waals surface area contributed by atoms with E-state index in [9.17, 15) is 0 Å². The second-order valence-electron chi connectivity index (χ2n) is 4.66. The summed E-state index contributed by atoms with van der Waals surface area (Å²) in [6, 6.07) is 6.31. The Hall–Kier alpha value is -1.94. The summed E-state index contributed by atoms with van der Waals surface area (Å²) in [5.74, 6) is 0.598. The van der Waals surface area contributed by atoms with Gasteiger partial charge in [0.05, 0.1) is 0 Å². The van der Waals surface area contributed by atoms with Gasteiger partial charge in [0, 0.05) is 30.2 Å². The fraction of sp³-hybridized carbons (Fsp3) is 0.333. The van der Waals surface area contributed by atoms with Gasteiger partial charge in [-0.2, -0.15) is 0 Å². The smallest absolute Gasteiger partial charge is 0.128 e. The molecule has 1 unspecified atom stereocenters. The molecule has 0 amide bonds. The van der Waals surface area contributed by atoms with Crippen LogP contribution in [0.25, 0.3) is 0 Å². The molecule has 0 aromatic carbocycles. The van der Waals surface area contributed by atoms with E-state index >= 15 is 0 Å². The number of nitrogens with two attached hydrogens (primary N) is 1. The molecule has 0 saturated carbocycles. The Labute approximate surface area is 114 Å². The first-order chi connectivity index (χ1) is 9.20. The average Bonchev–Trinajstić information content (AvgIpc) is 2.42. The van der Waals surface area contributed by atoms with Crippen LogP contribution in [0.15, 0.2) is 36.8 Å². The zero-order chi connectivity index (χ0) is 13.7. The highest BCUT2D eigenvalue weighted by atomic mass is 14.9. The molecule has 0 radical (unpaired) electrons. The minimum absolute atomic E-state index is 0.168. The SMILES string of the molecule is CCNC(Cc1cccnc1)c1cc(C)cnc1N. The van der Waals surface area contributed by atoms with E-state index in [2.05, 4.69) is 34.3 Å². The number of aromatic nitrogens is 2. The largest absolute Gasteiger partial charge is 0.383 e. The van der Waals surface area contributed by atoms with Crippen LogP contribution in [0.3, 0.4) is 0 Å². The van der Waals surface area contributed by atoms with Crippen molar-refractivity contribution in [2.24, 2.45) is 0 Å². The molecule has 4 nitrogen and oxygen atoms in total. The molecule has 0 saturated heterocycles. The first-order valence-electron chi connectivity index (χ1n) is 6.55. The number of likely N-dealkylation sites (N-methyl/N-ethyl adjacent to an activating group) is 1. The predicted molar refractivity (Wildman–Crippen MR) is 77.7 cm³/mol. The van der Waals surface area contributed by atoms with E-state index in [1.165, 1.54) is 5.56 Å². The molecule has 2 aromatic heterocycles. The lowest BCUT2D eigenvalue weighted by Gasteiger charge is -2.20. The third kappa shape index (κ3) is 3.51. The van der Waals surface area contributed by atoms with Crippen LogP contribution in [0.5, 0.6) is 0 Å². The molecule has 1 atom stereocenters. The highest BCUT2D eigenvalue weighted by Crippen LogP contribution is 2.23. The first-order valence-corrected chi connectivity index (χ1v) is 6.55. The summed E-state index contributed by atoms with van der Waals surface area (Å²) in [5.41, 5.74) is 9.38. The second-order valence-corrected chi connectivity index (χ2v) is 4.66. The summed E-state index contributed by atoms with van der Waals surface area (Å²) < 4.78 is 0. The summed E-state index contributed by atoms with van der Waals surface area (Å²) in [6.07, 6.45) is 6.33. The lowest BCUT2D eigenvalue weighted by atomic mass is 9.99. The summed E-state index contributed by atoms with van der Waals surface area (Å²) in [5, 5.41) is 3.47. The van der Waals surface area contributed by atoms with Crippen LogP contribution in [-0.2, 0) is 6.42 Å². The number of nitrogens with one attached hydrogen (secondary N) is 1. The molecule has 2 rings (SSSR count). The van der Waals surface area contributed by atoms with E-state index in [1.54, 1.807) is 12.4 Å². The molecule has 4 heteroatoms. The summed E-state index contributed by atoms with van der Waals surface area (Å²) in [7, 11) is 0. The highest BCUT2D eigenvalue weighted by molar-refractivity contribution is 5.43. The normalized spacial score (nSPS) is 12.3. The molecule has 0 spiro atoms. The predicted octanol–water partition coefficient (Wildman–Crippen LogP) is 2.26. The van der Waals surface area contributed by atoms with E-state index in [0.29, 0.717) is 5.82 Å². The Morgan fingerprint density at radius 3 is 2.89 bits per heavy atom. The Morgan fingerprint density at radius 1 is 1.37 bits per heavy atom. The molecule has 100 valence electrons. The van der Waals surface area contributed by atoms with Crippen molar-refractivity contribution in [3.05, 3.63) is 53.5 Å². The van der Waals surface area contributed by atoms with Gasteiger partial charge in [-0.3, -0.25) is 4.98 Å². The van der Waals surface area contributed by atoms with Crippen LogP contribution in [-0.4, -0.2) is 16.5 Å². The maximum atomic E-state index is 6.01. The standard InChI is InChI=1S/C15H20N4/c1-3-18-14(8-12-5-4-6-17-10-12)13-7-11(2)9-19-15(13)16/h4-7,9-10,14,18H,3,8H2,1-2H3,(H2,16,19). The van der Waals surface area contributed by atoms with Crippen molar-refractivity contribution < 1.29 is 0 Å². The zero-order valence-corrected chi connectivity index (χ0v) is 11.4. The number of pyridine rings is 2. The van der Waals surface area contributed by atoms with Crippen molar-refractivity contribution in [3.63, 3.8) is 0 Å². The van der Waals surface area contributed by atoms with E-state index < -0.39 is 0 Å². The third-order valence-corrected chi connectivity index (χ3v) is 3.07. The molecule has 0 aliphatic rings. The minimum atomic E-state index is 0.168. The number of rotatable bonds is 5. The highest BCUT2D eigenvalue weighted by Gasteiger charge is 2.15. The van der Waals surface area contributed by atoms with Crippen LogP contribution in [0.4, 0.5) is 5.82 Å².